The maximum atomic E-state index is 12.8. The molecule has 39 heavy (non-hydrogen) atoms. The molecule has 1 N–H and O–H groups in total. The van der Waals surface area contributed by atoms with Gasteiger partial charge in [-0.05, 0) is 62.8 Å². The molecule has 0 spiro atoms. The molecule has 210 valence electrons. The fraction of sp³-hybridized carbons (Fsp3) is 0.462. The van der Waals surface area contributed by atoms with Crippen LogP contribution in [0.4, 0.5) is 5.00 Å². The molecule has 4 rings (SSSR count). The van der Waals surface area contributed by atoms with Gasteiger partial charge >= 0.3 is 5.97 Å². The summed E-state index contributed by atoms with van der Waals surface area (Å²) in [6, 6.07) is 5.48. The summed E-state index contributed by atoms with van der Waals surface area (Å²) in [6.45, 7) is 6.42. The Morgan fingerprint density at radius 3 is 2.64 bits per heavy atom. The van der Waals surface area contributed by atoms with E-state index in [0.717, 1.165) is 33.5 Å². The Bertz CT molecular complexity index is 1600. The Morgan fingerprint density at radius 2 is 1.95 bits per heavy atom. The highest BCUT2D eigenvalue weighted by atomic mass is 32.2. The largest absolute Gasteiger partial charge is 0.497 e. The Labute approximate surface area is 234 Å². The monoisotopic (exact) mass is 593 g/mol. The summed E-state index contributed by atoms with van der Waals surface area (Å²) in [5.74, 6) is -2.95. The van der Waals surface area contributed by atoms with Crippen LogP contribution < -0.4 is 14.9 Å². The van der Waals surface area contributed by atoms with Crippen molar-refractivity contribution in [3.63, 3.8) is 0 Å². The van der Waals surface area contributed by atoms with Crippen LogP contribution in [-0.4, -0.2) is 56.0 Å². The first kappa shape index (κ1) is 29.0. The third kappa shape index (κ3) is 6.59. The highest BCUT2D eigenvalue weighted by Gasteiger charge is 2.30. The predicted molar refractivity (Wildman–Crippen MR) is 151 cm³/mol. The number of nitrogens with one attached hydrogen (secondary N) is 1. The molecule has 2 heterocycles. The summed E-state index contributed by atoms with van der Waals surface area (Å²) in [4.78, 5) is 43.5. The van der Waals surface area contributed by atoms with E-state index in [4.69, 9.17) is 9.47 Å². The molecule has 0 aliphatic heterocycles. The third-order valence-electron chi connectivity index (χ3n) is 6.37. The van der Waals surface area contributed by atoms with E-state index in [2.05, 4.69) is 17.2 Å². The minimum absolute atomic E-state index is 0.179. The number of thiophene rings is 1. The molecule has 1 aliphatic carbocycles. The topological polar surface area (TPSA) is 133 Å². The highest BCUT2D eigenvalue weighted by molar-refractivity contribution is 7.92. The Morgan fingerprint density at radius 1 is 1.18 bits per heavy atom. The first-order valence-electron chi connectivity index (χ1n) is 12.6. The van der Waals surface area contributed by atoms with E-state index in [0.29, 0.717) is 35.0 Å². The highest BCUT2D eigenvalue weighted by Crippen LogP contribution is 2.40. The van der Waals surface area contributed by atoms with Gasteiger partial charge in [-0.3, -0.25) is 9.59 Å². The van der Waals surface area contributed by atoms with Crippen LogP contribution in [0.25, 0.3) is 10.2 Å². The zero-order valence-electron chi connectivity index (χ0n) is 22.2. The summed E-state index contributed by atoms with van der Waals surface area (Å²) in [6.07, 6.45) is 2.38. The van der Waals surface area contributed by atoms with E-state index in [1.54, 1.807) is 20.1 Å². The second kappa shape index (κ2) is 12.0. The number of benzene rings is 1. The molecule has 0 fully saturated rings. The smallest absolute Gasteiger partial charge is 0.341 e. The number of esters is 1. The molecule has 0 saturated heterocycles. The Balaban J connectivity index is 1.50. The lowest BCUT2D eigenvalue weighted by Gasteiger charge is -2.18. The summed E-state index contributed by atoms with van der Waals surface area (Å²) in [7, 11) is -2.57. The number of anilines is 1. The summed E-state index contributed by atoms with van der Waals surface area (Å²) in [5, 5.41) is 2.88. The second-order valence-corrected chi connectivity index (χ2v) is 13.5. The van der Waals surface area contributed by atoms with Crippen LogP contribution in [0, 0.1) is 5.92 Å². The number of fused-ring (bicyclic) bond motifs is 2. The molecule has 1 aliphatic rings. The number of ether oxygens (including phenoxy) is 2. The number of methoxy groups -OCH3 is 1. The molecule has 10 nitrogen and oxygen atoms in total. The van der Waals surface area contributed by atoms with E-state index in [1.807, 2.05) is 23.6 Å². The van der Waals surface area contributed by atoms with Crippen LogP contribution in [0.15, 0.2) is 23.2 Å². The number of hydrogen-bond donors (Lipinski definition) is 1. The van der Waals surface area contributed by atoms with Crippen molar-refractivity contribution in [3.05, 3.63) is 39.0 Å². The molecular weight excluding hydrogens is 563 g/mol. The number of thiazole rings is 1. The van der Waals surface area contributed by atoms with E-state index >= 15 is 0 Å². The van der Waals surface area contributed by atoms with Crippen molar-refractivity contribution in [2.24, 2.45) is 10.9 Å². The second-order valence-electron chi connectivity index (χ2n) is 9.32. The quantitative estimate of drug-likeness (QED) is 0.375. The number of aromatic nitrogens is 1. The average Bonchev–Trinajstić information content (AvgIpc) is 3.38. The van der Waals surface area contributed by atoms with Crippen LogP contribution in [0.1, 0.15) is 48.0 Å². The molecule has 1 atom stereocenters. The van der Waals surface area contributed by atoms with E-state index in [9.17, 15) is 22.8 Å². The number of aryl methyl sites for hydroxylation is 1. The van der Waals surface area contributed by atoms with Gasteiger partial charge in [0.25, 0.3) is 5.91 Å². The van der Waals surface area contributed by atoms with Crippen LogP contribution in [0.2, 0.25) is 0 Å². The van der Waals surface area contributed by atoms with E-state index in [-0.39, 0.29) is 11.6 Å². The van der Waals surface area contributed by atoms with Crippen molar-refractivity contribution >= 4 is 65.5 Å². The standard InChI is InChI=1S/C26H31N3O7S3/c1-5-29-18-10-8-16(35-4)12-20(18)38-26(29)28-22(31)14-39(33,34)13-21(30)27-24-23(25(32)36-6-2)17-9-7-15(3)11-19(17)37-24/h8,10,12,15H,5-7,9,11,13-14H2,1-4H3,(H,27,30). The summed E-state index contributed by atoms with van der Waals surface area (Å²) in [5.41, 5.74) is 2.00. The first-order chi connectivity index (χ1) is 18.5. The maximum absolute atomic E-state index is 12.8. The van der Waals surface area contributed by atoms with Crippen molar-refractivity contribution < 1.29 is 32.3 Å². The molecule has 0 saturated carbocycles. The number of rotatable bonds is 9. The minimum Gasteiger partial charge on any atom is -0.497 e. The fourth-order valence-electron chi connectivity index (χ4n) is 4.57. The van der Waals surface area contributed by atoms with Crippen molar-refractivity contribution in [1.29, 1.82) is 0 Å². The van der Waals surface area contributed by atoms with Crippen LogP contribution in [-0.2, 0) is 43.5 Å². The minimum atomic E-state index is -4.13. The molecule has 13 heteroatoms. The van der Waals surface area contributed by atoms with Gasteiger partial charge < -0.3 is 19.4 Å². The lowest BCUT2D eigenvalue weighted by Crippen LogP contribution is -2.28. The molecule has 0 bridgehead atoms. The molecule has 0 radical (unpaired) electrons. The van der Waals surface area contributed by atoms with Gasteiger partial charge in [0.1, 0.15) is 22.3 Å². The predicted octanol–water partition coefficient (Wildman–Crippen LogP) is 3.58. The number of carbonyl (C=O) groups is 3. The molecule has 2 aromatic heterocycles. The lowest BCUT2D eigenvalue weighted by atomic mass is 9.88. The molecule has 3 aromatic rings. The Kier molecular flexibility index (Phi) is 8.92. The number of amides is 2. The number of carbonyl (C=O) groups excluding carboxylic acids is 3. The average molecular weight is 594 g/mol. The van der Waals surface area contributed by atoms with Crippen molar-refractivity contribution in [2.75, 3.05) is 30.5 Å². The molecule has 1 unspecified atom stereocenters. The zero-order valence-corrected chi connectivity index (χ0v) is 24.7. The van der Waals surface area contributed by atoms with Crippen molar-refractivity contribution in [1.82, 2.24) is 4.57 Å². The Hall–Kier alpha value is -3.03. The maximum Gasteiger partial charge on any atom is 0.341 e. The van der Waals surface area contributed by atoms with Gasteiger partial charge in [0.15, 0.2) is 14.6 Å². The van der Waals surface area contributed by atoms with Crippen LogP contribution >= 0.6 is 22.7 Å². The number of sulfone groups is 1. The fourth-order valence-corrected chi connectivity index (χ4v) is 8.14. The van der Waals surface area contributed by atoms with Gasteiger partial charge in [0.2, 0.25) is 5.91 Å². The summed E-state index contributed by atoms with van der Waals surface area (Å²) >= 11 is 2.52. The van der Waals surface area contributed by atoms with Gasteiger partial charge in [0.05, 0.1) is 29.5 Å². The third-order valence-corrected chi connectivity index (χ3v) is 9.96. The zero-order chi connectivity index (χ0) is 28.3. The van der Waals surface area contributed by atoms with Gasteiger partial charge in [-0.1, -0.05) is 18.3 Å². The SMILES string of the molecule is CCOC(=O)c1c(NC(=O)CS(=O)(=O)CC(=O)N=c2sc3cc(OC)ccc3n2CC)sc2c1CCC(C)C2. The normalized spacial score (nSPS) is 15.7. The molecule has 2 amide bonds. The number of hydrogen-bond acceptors (Lipinski definition) is 9. The molecule has 1 aromatic carbocycles. The van der Waals surface area contributed by atoms with Crippen LogP contribution in [0.3, 0.4) is 0 Å². The van der Waals surface area contributed by atoms with E-state index in [1.165, 1.54) is 22.7 Å². The van der Waals surface area contributed by atoms with Crippen molar-refractivity contribution in [2.45, 2.75) is 46.6 Å². The van der Waals surface area contributed by atoms with Gasteiger partial charge in [-0.2, -0.15) is 4.99 Å². The van der Waals surface area contributed by atoms with Crippen LogP contribution in [0.5, 0.6) is 5.75 Å². The van der Waals surface area contributed by atoms with Gasteiger partial charge in [-0.25, -0.2) is 13.2 Å². The van der Waals surface area contributed by atoms with Crippen molar-refractivity contribution in [3.8, 4) is 5.75 Å². The molecular formula is C26H31N3O7S3. The van der Waals surface area contributed by atoms with Gasteiger partial charge in [0, 0.05) is 11.4 Å². The summed E-state index contributed by atoms with van der Waals surface area (Å²) < 4.78 is 38.6. The van der Waals surface area contributed by atoms with Gasteiger partial charge in [-0.15, -0.1) is 11.3 Å². The first-order valence-corrected chi connectivity index (χ1v) is 16.1. The van der Waals surface area contributed by atoms with E-state index < -0.39 is 39.1 Å². The lowest BCUT2D eigenvalue weighted by molar-refractivity contribution is -0.115. The number of nitrogens with zero attached hydrogens (tertiary/aromatic N) is 2.